The van der Waals surface area contributed by atoms with E-state index in [9.17, 15) is 0 Å². The topological polar surface area (TPSA) is 36.0 Å². The fourth-order valence-corrected chi connectivity index (χ4v) is 12.8. The number of para-hydroxylation sites is 8. The van der Waals surface area contributed by atoms with Crippen LogP contribution in [0.15, 0.2) is 191 Å². The first-order valence-electron chi connectivity index (χ1n) is 27.1. The summed E-state index contributed by atoms with van der Waals surface area (Å²) in [4.78, 5) is 7.74. The number of fused-ring (bicyclic) bond motifs is 10. The molecule has 0 aliphatic carbocycles. The SMILES string of the molecule is CC(C)(C)c1ccccc1N1c2cc(N(c3cccc4c3oc3ccccc34)c3cccc4c3oc3ccccc34)cc3c2B(c2cccc(C(C)(C)C)c21)c1cccc(C(C)(C)C)c1N3c1ccccc1C(C)(C)C. The Kier molecular flexibility index (Phi) is 10.5. The van der Waals surface area contributed by atoms with Gasteiger partial charge in [0.1, 0.15) is 11.2 Å². The molecule has 0 radical (unpaired) electrons. The monoisotopic (exact) mass is 992 g/mol. The number of benzene rings is 9. The van der Waals surface area contributed by atoms with Crippen molar-refractivity contribution in [1.29, 1.82) is 0 Å². The van der Waals surface area contributed by atoms with Crippen LogP contribution in [0.2, 0.25) is 0 Å². The van der Waals surface area contributed by atoms with Crippen LogP contribution in [0.3, 0.4) is 0 Å². The number of anilines is 9. The molecule has 0 fully saturated rings. The summed E-state index contributed by atoms with van der Waals surface area (Å²) in [6, 6.07) is 67.4. The molecule has 9 aromatic carbocycles. The van der Waals surface area contributed by atoms with Crippen molar-refractivity contribution in [1.82, 2.24) is 0 Å². The zero-order valence-corrected chi connectivity index (χ0v) is 46.1. The van der Waals surface area contributed by atoms with E-state index in [1.54, 1.807) is 0 Å². The zero-order valence-electron chi connectivity index (χ0n) is 46.1. The third-order valence-electron chi connectivity index (χ3n) is 16.1. The highest BCUT2D eigenvalue weighted by Crippen LogP contribution is 2.55. The van der Waals surface area contributed by atoms with Gasteiger partial charge in [0.15, 0.2) is 11.2 Å². The fraction of sp³-hybridized carbons (Fsp3) is 0.229. The van der Waals surface area contributed by atoms with Crippen molar-refractivity contribution in [2.45, 2.75) is 105 Å². The molecule has 11 aromatic rings. The molecule has 0 amide bonds. The summed E-state index contributed by atoms with van der Waals surface area (Å²) in [7, 11) is 0. The Balaban J connectivity index is 1.26. The van der Waals surface area contributed by atoms with Crippen LogP contribution in [-0.2, 0) is 21.7 Å². The fourth-order valence-electron chi connectivity index (χ4n) is 12.8. The lowest BCUT2D eigenvalue weighted by Crippen LogP contribution is -2.62. The first kappa shape index (κ1) is 47.7. The van der Waals surface area contributed by atoms with Gasteiger partial charge in [0.2, 0.25) is 0 Å². The highest BCUT2D eigenvalue weighted by molar-refractivity contribution is 7.00. The quantitative estimate of drug-likeness (QED) is 0.161. The molecule has 0 bridgehead atoms. The van der Waals surface area contributed by atoms with E-state index in [1.807, 2.05) is 0 Å². The second-order valence-electron chi connectivity index (χ2n) is 25.4. The highest BCUT2D eigenvalue weighted by Gasteiger charge is 2.48. The zero-order chi connectivity index (χ0) is 52.8. The molecule has 0 saturated carbocycles. The maximum absolute atomic E-state index is 7.07. The van der Waals surface area contributed by atoms with Crippen molar-refractivity contribution >= 4 is 118 Å². The van der Waals surface area contributed by atoms with Gasteiger partial charge in [-0.15, -0.1) is 0 Å². The van der Waals surface area contributed by atoms with E-state index in [-0.39, 0.29) is 28.4 Å². The normalized spacial score (nSPS) is 13.7. The summed E-state index contributed by atoms with van der Waals surface area (Å²) in [6.45, 7) is 28.2. The molecule has 0 atom stereocenters. The Morgan fingerprint density at radius 1 is 0.355 bits per heavy atom. The molecule has 6 heteroatoms. The molecule has 0 N–H and O–H groups in total. The number of hydrogen-bond acceptors (Lipinski definition) is 5. The Morgan fingerprint density at radius 2 is 0.711 bits per heavy atom. The van der Waals surface area contributed by atoms with E-state index >= 15 is 0 Å². The van der Waals surface area contributed by atoms with Crippen molar-refractivity contribution in [2.24, 2.45) is 0 Å². The minimum Gasteiger partial charge on any atom is -0.454 e. The van der Waals surface area contributed by atoms with E-state index in [4.69, 9.17) is 8.83 Å². The van der Waals surface area contributed by atoms with Crippen molar-refractivity contribution in [3.63, 3.8) is 0 Å². The summed E-state index contributed by atoms with van der Waals surface area (Å²) in [5.41, 5.74) is 21.5. The molecule has 4 heterocycles. The standard InChI is InChI=1S/C70H66BN3O2/c1-67(2,3)48-29-15-17-35-54(48)73-58-41-43(72(56-37-21-27-46-44-25-13-19-39-60(44)75-65(46)56)57-38-22-28-47-45-26-14-20-40-61(45)76-66(47)57)42-59-62(58)71(52-33-23-31-50(63(52)73)69(7,8)9)53-34-24-32-51(70(10,11)12)64(53)74(59)55-36-18-16-30-49(55)68(4,5)6/h13-42H,1-12H3. The number of hydrogen-bond donors (Lipinski definition) is 0. The Labute approximate surface area is 448 Å². The number of rotatable bonds is 5. The Hall–Kier alpha value is -7.96. The summed E-state index contributed by atoms with van der Waals surface area (Å²) < 4.78 is 14.1. The molecule has 0 unspecified atom stereocenters. The number of nitrogens with zero attached hydrogens (tertiary/aromatic N) is 3. The van der Waals surface area contributed by atoms with Crippen LogP contribution in [0, 0.1) is 0 Å². The summed E-state index contributed by atoms with van der Waals surface area (Å²) in [6.07, 6.45) is 0. The van der Waals surface area contributed by atoms with Gasteiger partial charge in [-0.25, -0.2) is 0 Å². The van der Waals surface area contributed by atoms with E-state index in [0.29, 0.717) is 0 Å². The molecular formula is C70H66BN3O2. The molecule has 5 nitrogen and oxygen atoms in total. The largest absolute Gasteiger partial charge is 0.454 e. The molecular weight excluding hydrogens is 926 g/mol. The molecule has 2 aromatic heterocycles. The molecule has 2 aliphatic rings. The van der Waals surface area contributed by atoms with Crippen LogP contribution in [-0.4, -0.2) is 6.71 Å². The van der Waals surface area contributed by atoms with Crippen molar-refractivity contribution < 1.29 is 8.83 Å². The minimum atomic E-state index is -0.208. The van der Waals surface area contributed by atoms with Crippen molar-refractivity contribution in [2.75, 3.05) is 14.7 Å². The lowest BCUT2D eigenvalue weighted by atomic mass is 9.33. The first-order valence-corrected chi connectivity index (χ1v) is 27.1. The third kappa shape index (κ3) is 7.27. The van der Waals surface area contributed by atoms with E-state index in [0.717, 1.165) is 72.3 Å². The Bertz CT molecular complexity index is 3890. The molecule has 76 heavy (non-hydrogen) atoms. The smallest absolute Gasteiger partial charge is 0.252 e. The van der Waals surface area contributed by atoms with Crippen LogP contribution in [0.5, 0.6) is 0 Å². The maximum Gasteiger partial charge on any atom is 0.252 e. The van der Waals surface area contributed by atoms with Crippen LogP contribution < -0.4 is 31.1 Å². The van der Waals surface area contributed by atoms with Gasteiger partial charge in [-0.3, -0.25) is 0 Å². The van der Waals surface area contributed by atoms with Gasteiger partial charge in [-0.2, -0.15) is 0 Å². The molecule has 0 spiro atoms. The predicted molar refractivity (Wildman–Crippen MR) is 325 cm³/mol. The van der Waals surface area contributed by atoms with Gasteiger partial charge in [-0.05, 0) is 109 Å². The third-order valence-corrected chi connectivity index (χ3v) is 16.1. The minimum absolute atomic E-state index is 0.101. The molecule has 376 valence electrons. The van der Waals surface area contributed by atoms with Crippen LogP contribution in [0.4, 0.5) is 51.2 Å². The van der Waals surface area contributed by atoms with Gasteiger partial charge in [0, 0.05) is 55.7 Å². The van der Waals surface area contributed by atoms with Crippen LogP contribution in [0.1, 0.15) is 105 Å². The average molecular weight is 992 g/mol. The second-order valence-corrected chi connectivity index (χ2v) is 25.4. The summed E-state index contributed by atoms with van der Waals surface area (Å²) in [5, 5.41) is 4.28. The Morgan fingerprint density at radius 3 is 1.13 bits per heavy atom. The lowest BCUT2D eigenvalue weighted by molar-refractivity contribution is 0.587. The van der Waals surface area contributed by atoms with Gasteiger partial charge in [0.05, 0.1) is 17.1 Å². The van der Waals surface area contributed by atoms with Gasteiger partial charge in [0.25, 0.3) is 6.71 Å². The maximum atomic E-state index is 7.07. The second kappa shape index (κ2) is 16.8. The van der Waals surface area contributed by atoms with E-state index < -0.39 is 0 Å². The van der Waals surface area contributed by atoms with Crippen LogP contribution in [0.25, 0.3) is 43.9 Å². The van der Waals surface area contributed by atoms with E-state index in [1.165, 1.54) is 61.4 Å². The van der Waals surface area contributed by atoms with Crippen LogP contribution >= 0.6 is 0 Å². The lowest BCUT2D eigenvalue weighted by Gasteiger charge is -2.48. The van der Waals surface area contributed by atoms with E-state index in [2.05, 4.69) is 280 Å². The summed E-state index contributed by atoms with van der Waals surface area (Å²) in [5.74, 6) is 0. The van der Waals surface area contributed by atoms with Crippen molar-refractivity contribution in [3.8, 4) is 0 Å². The first-order chi connectivity index (χ1) is 36.3. The van der Waals surface area contributed by atoms with Gasteiger partial charge >= 0.3 is 0 Å². The average Bonchev–Trinajstić information content (AvgIpc) is 3.62. The molecule has 13 rings (SSSR count). The van der Waals surface area contributed by atoms with Gasteiger partial charge < -0.3 is 23.5 Å². The molecule has 2 aliphatic heterocycles. The molecule has 0 saturated heterocycles. The highest BCUT2D eigenvalue weighted by atomic mass is 16.3. The van der Waals surface area contributed by atoms with Gasteiger partial charge in [-0.1, -0.05) is 217 Å². The van der Waals surface area contributed by atoms with Crippen molar-refractivity contribution in [3.05, 3.63) is 204 Å². The predicted octanol–water partition coefficient (Wildman–Crippen LogP) is 18.2. The summed E-state index contributed by atoms with van der Waals surface area (Å²) >= 11 is 0. The number of furan rings is 2.